The monoisotopic (exact) mass is 250 g/mol. The lowest BCUT2D eigenvalue weighted by atomic mass is 9.97. The maximum absolute atomic E-state index is 11.2. The number of nitrogens with two attached hydrogens (primary N) is 1. The highest BCUT2D eigenvalue weighted by Crippen LogP contribution is 2.16. The van der Waals surface area contributed by atoms with Crippen LogP contribution in [0.4, 0.5) is 0 Å². The lowest BCUT2D eigenvalue weighted by Gasteiger charge is -2.24. The Morgan fingerprint density at radius 1 is 1.33 bits per heavy atom. The van der Waals surface area contributed by atoms with Crippen molar-refractivity contribution in [3.8, 4) is 0 Å². The van der Waals surface area contributed by atoms with Crippen LogP contribution in [0.1, 0.15) is 25.3 Å². The van der Waals surface area contributed by atoms with E-state index in [9.17, 15) is 14.7 Å². The molecule has 0 aromatic heterocycles. The number of carbonyl (C=O) groups excluding carboxylic acids is 1. The lowest BCUT2D eigenvalue weighted by Crippen LogP contribution is -2.52. The number of hydrogen-bond donors (Lipinski definition) is 3. The van der Waals surface area contributed by atoms with E-state index in [1.165, 1.54) is 0 Å². The fourth-order valence-corrected chi connectivity index (χ4v) is 1.48. The van der Waals surface area contributed by atoms with E-state index in [4.69, 9.17) is 5.73 Å². The summed E-state index contributed by atoms with van der Waals surface area (Å²) in [5.41, 5.74) is 4.99. The highest BCUT2D eigenvalue weighted by molar-refractivity contribution is 5.84. The van der Waals surface area contributed by atoms with E-state index in [2.05, 4.69) is 5.32 Å². The summed E-state index contributed by atoms with van der Waals surface area (Å²) >= 11 is 0. The van der Waals surface area contributed by atoms with Gasteiger partial charge in [0.2, 0.25) is 5.91 Å². The molecule has 0 saturated heterocycles. The van der Waals surface area contributed by atoms with Gasteiger partial charge in [0, 0.05) is 6.54 Å². The Morgan fingerprint density at radius 2 is 1.89 bits per heavy atom. The summed E-state index contributed by atoms with van der Waals surface area (Å²) in [5.74, 6) is -2.15. The topological polar surface area (TPSA) is 92.4 Å². The van der Waals surface area contributed by atoms with Crippen molar-refractivity contribution in [1.82, 2.24) is 5.32 Å². The van der Waals surface area contributed by atoms with Crippen molar-refractivity contribution >= 4 is 11.9 Å². The normalized spacial score (nSPS) is 13.0. The van der Waals surface area contributed by atoms with Crippen molar-refractivity contribution < 1.29 is 14.7 Å². The Hall–Kier alpha value is -1.88. The second-order valence-corrected chi connectivity index (χ2v) is 4.67. The fraction of sp³-hybridized carbons (Fsp3) is 0.385. The van der Waals surface area contributed by atoms with Crippen molar-refractivity contribution in [3.05, 3.63) is 35.9 Å². The first-order valence-corrected chi connectivity index (χ1v) is 5.67. The third-order valence-corrected chi connectivity index (χ3v) is 2.86. The van der Waals surface area contributed by atoms with Crippen LogP contribution in [-0.2, 0) is 9.59 Å². The quantitative estimate of drug-likeness (QED) is 0.693. The summed E-state index contributed by atoms with van der Waals surface area (Å²) in [5, 5.41) is 12.1. The molecule has 0 radical (unpaired) electrons. The largest absolute Gasteiger partial charge is 0.481 e. The highest BCUT2D eigenvalue weighted by Gasteiger charge is 2.28. The van der Waals surface area contributed by atoms with Crippen molar-refractivity contribution in [3.63, 3.8) is 0 Å². The van der Waals surface area contributed by atoms with E-state index < -0.39 is 23.3 Å². The molecule has 18 heavy (non-hydrogen) atoms. The van der Waals surface area contributed by atoms with Gasteiger partial charge in [-0.15, -0.1) is 0 Å². The van der Waals surface area contributed by atoms with E-state index in [-0.39, 0.29) is 6.54 Å². The van der Waals surface area contributed by atoms with Crippen LogP contribution >= 0.6 is 0 Å². The van der Waals surface area contributed by atoms with Gasteiger partial charge in [0.1, 0.15) is 0 Å². The molecule has 0 spiro atoms. The van der Waals surface area contributed by atoms with Gasteiger partial charge < -0.3 is 16.2 Å². The van der Waals surface area contributed by atoms with E-state index in [1.54, 1.807) is 38.1 Å². The molecule has 0 saturated carbocycles. The standard InChI is InChI=1S/C13H18N2O3/c1-13(2,12(14)18)15-8-10(11(16)17)9-6-4-3-5-7-9/h3-7,10,15H,8H2,1-2H3,(H2,14,18)(H,16,17). The second-order valence-electron chi connectivity index (χ2n) is 4.67. The third kappa shape index (κ3) is 3.56. The van der Waals surface area contributed by atoms with Crippen LogP contribution in [0.5, 0.6) is 0 Å². The van der Waals surface area contributed by atoms with Crippen LogP contribution < -0.4 is 11.1 Å². The zero-order valence-electron chi connectivity index (χ0n) is 10.5. The summed E-state index contributed by atoms with van der Waals surface area (Å²) < 4.78 is 0. The Labute approximate surface area is 106 Å². The number of benzene rings is 1. The first kappa shape index (κ1) is 14.2. The van der Waals surface area contributed by atoms with Gasteiger partial charge in [-0.1, -0.05) is 30.3 Å². The first-order valence-electron chi connectivity index (χ1n) is 5.67. The van der Waals surface area contributed by atoms with E-state index in [0.717, 1.165) is 0 Å². The number of carboxylic acid groups (broad SMARTS) is 1. The summed E-state index contributed by atoms with van der Waals surface area (Å²) in [6.07, 6.45) is 0. The predicted molar refractivity (Wildman–Crippen MR) is 68.1 cm³/mol. The summed E-state index contributed by atoms with van der Waals surface area (Å²) in [4.78, 5) is 22.4. The number of rotatable bonds is 6. The van der Waals surface area contributed by atoms with Crippen LogP contribution in [0.2, 0.25) is 0 Å². The van der Waals surface area contributed by atoms with E-state index in [0.29, 0.717) is 5.56 Å². The SMILES string of the molecule is CC(C)(NCC(C(=O)O)c1ccccc1)C(N)=O. The molecule has 0 heterocycles. The van der Waals surface area contributed by atoms with E-state index >= 15 is 0 Å². The second kappa shape index (κ2) is 5.64. The lowest BCUT2D eigenvalue weighted by molar-refractivity contribution is -0.139. The van der Waals surface area contributed by atoms with Gasteiger partial charge in [-0.25, -0.2) is 0 Å². The minimum atomic E-state index is -0.936. The van der Waals surface area contributed by atoms with Gasteiger partial charge in [-0.3, -0.25) is 9.59 Å². The van der Waals surface area contributed by atoms with Crippen molar-refractivity contribution in [2.45, 2.75) is 25.3 Å². The predicted octanol–water partition coefficient (Wildman–Crippen LogP) is 0.708. The molecule has 4 N–H and O–H groups in total. The van der Waals surface area contributed by atoms with Gasteiger partial charge in [0.05, 0.1) is 11.5 Å². The van der Waals surface area contributed by atoms with Gasteiger partial charge in [0.25, 0.3) is 0 Å². The zero-order valence-corrected chi connectivity index (χ0v) is 10.5. The third-order valence-electron chi connectivity index (χ3n) is 2.86. The number of nitrogens with one attached hydrogen (secondary N) is 1. The molecule has 0 fully saturated rings. The van der Waals surface area contributed by atoms with Crippen molar-refractivity contribution in [1.29, 1.82) is 0 Å². The van der Waals surface area contributed by atoms with Crippen LogP contribution in [0.3, 0.4) is 0 Å². The number of hydrogen-bond acceptors (Lipinski definition) is 3. The molecule has 1 amide bonds. The van der Waals surface area contributed by atoms with Crippen LogP contribution in [-0.4, -0.2) is 29.1 Å². The Kier molecular flexibility index (Phi) is 4.44. The summed E-state index contributed by atoms with van der Waals surface area (Å²) in [7, 11) is 0. The molecule has 98 valence electrons. The van der Waals surface area contributed by atoms with Crippen LogP contribution in [0, 0.1) is 0 Å². The molecule has 0 bridgehead atoms. The maximum Gasteiger partial charge on any atom is 0.312 e. The Bertz CT molecular complexity index is 429. The number of primary amides is 1. The highest BCUT2D eigenvalue weighted by atomic mass is 16.4. The average molecular weight is 250 g/mol. The van der Waals surface area contributed by atoms with Crippen LogP contribution in [0.15, 0.2) is 30.3 Å². The van der Waals surface area contributed by atoms with Gasteiger partial charge in [0.15, 0.2) is 0 Å². The summed E-state index contributed by atoms with van der Waals surface area (Å²) in [6.45, 7) is 3.40. The minimum absolute atomic E-state index is 0.148. The molecular formula is C13H18N2O3. The molecular weight excluding hydrogens is 232 g/mol. The molecule has 1 unspecified atom stereocenters. The zero-order chi connectivity index (χ0) is 13.8. The fourth-order valence-electron chi connectivity index (χ4n) is 1.48. The Balaban J connectivity index is 2.78. The smallest absolute Gasteiger partial charge is 0.312 e. The molecule has 0 aliphatic carbocycles. The minimum Gasteiger partial charge on any atom is -0.481 e. The van der Waals surface area contributed by atoms with Crippen molar-refractivity contribution in [2.24, 2.45) is 5.73 Å². The van der Waals surface area contributed by atoms with E-state index in [1.807, 2.05) is 6.07 Å². The number of amides is 1. The number of carbonyl (C=O) groups is 2. The molecule has 1 atom stereocenters. The maximum atomic E-state index is 11.2. The number of carboxylic acids is 1. The first-order chi connectivity index (χ1) is 8.34. The van der Waals surface area contributed by atoms with Gasteiger partial charge >= 0.3 is 5.97 Å². The molecule has 0 aliphatic rings. The average Bonchev–Trinajstić information content (AvgIpc) is 2.29. The molecule has 1 aromatic carbocycles. The Morgan fingerprint density at radius 3 is 2.33 bits per heavy atom. The van der Waals surface area contributed by atoms with Crippen molar-refractivity contribution in [2.75, 3.05) is 6.54 Å². The van der Waals surface area contributed by atoms with Gasteiger partial charge in [-0.05, 0) is 19.4 Å². The molecule has 5 heteroatoms. The molecule has 1 aromatic rings. The van der Waals surface area contributed by atoms with Crippen LogP contribution in [0.25, 0.3) is 0 Å². The number of aliphatic carboxylic acids is 1. The van der Waals surface area contributed by atoms with Gasteiger partial charge in [-0.2, -0.15) is 0 Å². The molecule has 5 nitrogen and oxygen atoms in total. The molecule has 1 rings (SSSR count). The molecule has 0 aliphatic heterocycles. The summed E-state index contributed by atoms with van der Waals surface area (Å²) in [6, 6.07) is 8.88.